The number of alkyl halides is 3. The predicted molar refractivity (Wildman–Crippen MR) is 68.8 cm³/mol. The van der Waals surface area contributed by atoms with Gasteiger partial charge in [0.15, 0.2) is 0 Å². The summed E-state index contributed by atoms with van der Waals surface area (Å²) in [7, 11) is 1.13. The minimum absolute atomic E-state index is 0.397. The highest BCUT2D eigenvalue weighted by molar-refractivity contribution is 5.81. The molecule has 0 atom stereocenters. The highest BCUT2D eigenvalue weighted by Crippen LogP contribution is 2.30. The number of nitriles is 1. The molecule has 0 unspecified atom stereocenters. The molecule has 21 heavy (non-hydrogen) atoms. The number of rotatable bonds is 4. The molecular formula is C13H9F4N3O. The van der Waals surface area contributed by atoms with E-state index in [1.165, 1.54) is 12.1 Å². The number of nitrogens with zero attached hydrogens (tertiary/aromatic N) is 3. The number of allylic oxidation sites excluding steroid dienone is 1. The standard InChI is InChI=1S/C13H9F4N3O/c1-19-7-9(13(15,16)17)12(20-2)21-11-5-3-4-10(14)8(11)6-18/h3-5,7H,2H2,1H3/b12-9-,19-7?. The Hall–Kier alpha value is -2.69. The van der Waals surface area contributed by atoms with Gasteiger partial charge in [-0.15, -0.1) is 0 Å². The molecule has 0 aliphatic rings. The molecule has 110 valence electrons. The Bertz CT molecular complexity index is 642. The number of hydrogen-bond acceptors (Lipinski definition) is 4. The fraction of sp³-hybridized carbons (Fsp3) is 0.154. The zero-order valence-electron chi connectivity index (χ0n) is 10.8. The summed E-state index contributed by atoms with van der Waals surface area (Å²) in [6, 6.07) is 4.81. The molecule has 0 aliphatic heterocycles. The molecule has 0 radical (unpaired) electrons. The van der Waals surface area contributed by atoms with Crippen LogP contribution in [0.4, 0.5) is 17.6 Å². The van der Waals surface area contributed by atoms with Crippen molar-refractivity contribution in [1.29, 1.82) is 5.26 Å². The number of benzene rings is 1. The van der Waals surface area contributed by atoms with E-state index in [-0.39, 0.29) is 0 Å². The SMILES string of the molecule is C=N/C(Oc1cccc(F)c1C#N)=C(\C=NC)C(F)(F)F. The van der Waals surface area contributed by atoms with Crippen molar-refractivity contribution < 1.29 is 22.3 Å². The second-order valence-corrected chi connectivity index (χ2v) is 3.59. The molecule has 0 aromatic heterocycles. The van der Waals surface area contributed by atoms with Crippen molar-refractivity contribution in [3.05, 3.63) is 41.0 Å². The first-order valence-corrected chi connectivity index (χ1v) is 5.42. The lowest BCUT2D eigenvalue weighted by Crippen LogP contribution is -2.17. The van der Waals surface area contributed by atoms with Crippen LogP contribution in [0.15, 0.2) is 39.6 Å². The summed E-state index contributed by atoms with van der Waals surface area (Å²) in [5.41, 5.74) is -1.83. The normalized spacial score (nSPS) is 12.8. The first kappa shape index (κ1) is 16.4. The molecule has 0 bridgehead atoms. The van der Waals surface area contributed by atoms with Crippen molar-refractivity contribution >= 4 is 12.9 Å². The van der Waals surface area contributed by atoms with Crippen LogP contribution < -0.4 is 4.74 Å². The van der Waals surface area contributed by atoms with Gasteiger partial charge in [-0.3, -0.25) is 4.99 Å². The maximum atomic E-state index is 13.4. The maximum absolute atomic E-state index is 13.4. The summed E-state index contributed by atoms with van der Waals surface area (Å²) in [5.74, 6) is -2.24. The van der Waals surface area contributed by atoms with Gasteiger partial charge >= 0.3 is 6.18 Å². The Kier molecular flexibility index (Phi) is 5.18. The lowest BCUT2D eigenvalue weighted by Gasteiger charge is -2.13. The van der Waals surface area contributed by atoms with Gasteiger partial charge in [-0.2, -0.15) is 18.4 Å². The Morgan fingerprint density at radius 1 is 1.43 bits per heavy atom. The summed E-state index contributed by atoms with van der Waals surface area (Å²) in [6.45, 7) is 2.98. The minimum atomic E-state index is -4.80. The monoisotopic (exact) mass is 299 g/mol. The highest BCUT2D eigenvalue weighted by atomic mass is 19.4. The maximum Gasteiger partial charge on any atom is 0.423 e. The molecule has 0 spiro atoms. The minimum Gasteiger partial charge on any atom is -0.437 e. The molecule has 0 heterocycles. The smallest absolute Gasteiger partial charge is 0.423 e. The summed E-state index contributed by atoms with van der Waals surface area (Å²) in [5, 5.41) is 8.81. The van der Waals surface area contributed by atoms with Crippen LogP contribution in [0.25, 0.3) is 0 Å². The van der Waals surface area contributed by atoms with Crippen molar-refractivity contribution in [3.8, 4) is 11.8 Å². The van der Waals surface area contributed by atoms with E-state index in [9.17, 15) is 17.6 Å². The molecular weight excluding hydrogens is 290 g/mol. The van der Waals surface area contributed by atoms with Gasteiger partial charge in [-0.1, -0.05) is 6.07 Å². The molecule has 0 aliphatic carbocycles. The number of hydrogen-bond donors (Lipinski definition) is 0. The van der Waals surface area contributed by atoms with E-state index in [4.69, 9.17) is 10.00 Å². The van der Waals surface area contributed by atoms with E-state index < -0.39 is 34.8 Å². The third-order valence-electron chi connectivity index (χ3n) is 2.23. The van der Waals surface area contributed by atoms with Gasteiger partial charge in [0, 0.05) is 13.3 Å². The molecule has 1 aromatic rings. The number of aliphatic imine (C=N–C) groups is 2. The average Bonchev–Trinajstić information content (AvgIpc) is 2.41. The van der Waals surface area contributed by atoms with Gasteiger partial charge in [0.25, 0.3) is 0 Å². The van der Waals surface area contributed by atoms with Crippen LogP contribution in [-0.2, 0) is 0 Å². The van der Waals surface area contributed by atoms with Gasteiger partial charge in [-0.25, -0.2) is 9.38 Å². The van der Waals surface area contributed by atoms with E-state index in [1.54, 1.807) is 0 Å². The van der Waals surface area contributed by atoms with E-state index in [0.717, 1.165) is 19.2 Å². The Morgan fingerprint density at radius 3 is 2.57 bits per heavy atom. The van der Waals surface area contributed by atoms with Crippen LogP contribution in [0.5, 0.6) is 5.75 Å². The van der Waals surface area contributed by atoms with Gasteiger partial charge in [-0.05, 0) is 18.9 Å². The summed E-state index contributed by atoms with van der Waals surface area (Å²) in [4.78, 5) is 6.40. The summed E-state index contributed by atoms with van der Waals surface area (Å²) < 4.78 is 56.8. The molecule has 0 saturated carbocycles. The third-order valence-corrected chi connectivity index (χ3v) is 2.23. The molecule has 1 aromatic carbocycles. The van der Waals surface area contributed by atoms with Gasteiger partial charge in [0.2, 0.25) is 5.88 Å². The first-order chi connectivity index (χ1) is 9.85. The Morgan fingerprint density at radius 2 is 2.10 bits per heavy atom. The first-order valence-electron chi connectivity index (χ1n) is 5.42. The third kappa shape index (κ3) is 3.89. The zero-order valence-corrected chi connectivity index (χ0v) is 10.8. The zero-order chi connectivity index (χ0) is 16.0. The fourth-order valence-electron chi connectivity index (χ4n) is 1.35. The van der Waals surface area contributed by atoms with E-state index >= 15 is 0 Å². The molecule has 4 nitrogen and oxygen atoms in total. The van der Waals surface area contributed by atoms with Crippen molar-refractivity contribution in [2.24, 2.45) is 9.98 Å². The van der Waals surface area contributed by atoms with E-state index in [2.05, 4.69) is 16.7 Å². The Labute approximate surface area is 117 Å². The molecule has 0 saturated heterocycles. The Balaban J connectivity index is 3.40. The second-order valence-electron chi connectivity index (χ2n) is 3.59. The number of ether oxygens (including phenoxy) is 1. The molecule has 0 fully saturated rings. The van der Waals surface area contributed by atoms with Crippen molar-refractivity contribution in [1.82, 2.24) is 0 Å². The predicted octanol–water partition coefficient (Wildman–Crippen LogP) is 3.25. The van der Waals surface area contributed by atoms with Crippen LogP contribution in [0.1, 0.15) is 5.56 Å². The fourth-order valence-corrected chi connectivity index (χ4v) is 1.35. The molecule has 8 heteroatoms. The largest absolute Gasteiger partial charge is 0.437 e. The lowest BCUT2D eigenvalue weighted by atomic mass is 10.2. The van der Waals surface area contributed by atoms with E-state index in [1.807, 2.05) is 0 Å². The van der Waals surface area contributed by atoms with Crippen LogP contribution in [0.3, 0.4) is 0 Å². The van der Waals surface area contributed by atoms with E-state index in [0.29, 0.717) is 6.21 Å². The van der Waals surface area contributed by atoms with Crippen molar-refractivity contribution in [2.75, 3.05) is 7.05 Å². The highest BCUT2D eigenvalue weighted by Gasteiger charge is 2.37. The van der Waals surface area contributed by atoms with Crippen molar-refractivity contribution in [2.45, 2.75) is 6.18 Å². The topological polar surface area (TPSA) is 57.7 Å². The quantitative estimate of drug-likeness (QED) is 0.487. The van der Waals surface area contributed by atoms with Crippen LogP contribution in [-0.4, -0.2) is 26.2 Å². The molecule has 1 rings (SSSR count). The van der Waals surface area contributed by atoms with Crippen molar-refractivity contribution in [3.63, 3.8) is 0 Å². The van der Waals surface area contributed by atoms with Gasteiger partial charge < -0.3 is 4.74 Å². The van der Waals surface area contributed by atoms with Gasteiger partial charge in [0.1, 0.15) is 28.8 Å². The number of halogens is 4. The summed E-state index contributed by atoms with van der Waals surface area (Å²) in [6.07, 6.45) is -4.30. The average molecular weight is 299 g/mol. The van der Waals surface area contributed by atoms with Crippen LogP contribution in [0, 0.1) is 17.1 Å². The van der Waals surface area contributed by atoms with Crippen LogP contribution >= 0.6 is 0 Å². The lowest BCUT2D eigenvalue weighted by molar-refractivity contribution is -0.0879. The molecule has 0 N–H and O–H groups in total. The second kappa shape index (κ2) is 6.65. The molecule has 0 amide bonds. The van der Waals surface area contributed by atoms with Gasteiger partial charge in [0.05, 0.1) is 0 Å². The van der Waals surface area contributed by atoms with Crippen LogP contribution in [0.2, 0.25) is 0 Å². The summed E-state index contributed by atoms with van der Waals surface area (Å²) >= 11 is 0.